The van der Waals surface area contributed by atoms with Crippen LogP contribution in [-0.2, 0) is 11.3 Å². The molecule has 0 saturated carbocycles. The Kier molecular flexibility index (Phi) is 6.77. The summed E-state index contributed by atoms with van der Waals surface area (Å²) in [4.78, 5) is 9.30. The molecule has 0 aliphatic heterocycles. The zero-order valence-corrected chi connectivity index (χ0v) is 15.9. The van der Waals surface area contributed by atoms with Crippen LogP contribution in [0.1, 0.15) is 17.5 Å². The molecule has 3 rings (SSSR count). The number of methoxy groups -OCH3 is 1. The van der Waals surface area contributed by atoms with Crippen molar-refractivity contribution >= 4 is 11.8 Å². The van der Waals surface area contributed by atoms with Gasteiger partial charge >= 0.3 is 0 Å². The topological polar surface area (TPSA) is 59.1 Å². The molecule has 0 aliphatic rings. The first-order valence-electron chi connectivity index (χ1n) is 9.22. The number of aryl methyl sites for hydroxylation is 1. The molecule has 0 aliphatic carbocycles. The summed E-state index contributed by atoms with van der Waals surface area (Å²) in [6.45, 7) is 4.32. The molecule has 140 valence electrons. The predicted molar refractivity (Wildman–Crippen MR) is 111 cm³/mol. The van der Waals surface area contributed by atoms with E-state index in [9.17, 15) is 0 Å². The molecule has 2 N–H and O–H groups in total. The molecule has 1 aromatic heterocycles. The molecule has 0 saturated heterocycles. The van der Waals surface area contributed by atoms with E-state index in [0.29, 0.717) is 12.6 Å². The van der Waals surface area contributed by atoms with Gasteiger partial charge in [-0.3, -0.25) is 0 Å². The van der Waals surface area contributed by atoms with Gasteiger partial charge in [0.25, 0.3) is 0 Å². The van der Waals surface area contributed by atoms with Crippen LogP contribution in [0.2, 0.25) is 0 Å². The summed E-state index contributed by atoms with van der Waals surface area (Å²) in [5.74, 6) is 1.43. The number of aromatic nitrogens is 2. The van der Waals surface area contributed by atoms with Crippen LogP contribution in [0.5, 0.6) is 0 Å². The summed E-state index contributed by atoms with van der Waals surface area (Å²) in [6, 6.07) is 20.5. The van der Waals surface area contributed by atoms with Crippen LogP contribution in [0.4, 0.5) is 11.8 Å². The zero-order valence-electron chi connectivity index (χ0n) is 15.9. The normalized spacial score (nSPS) is 10.6. The molecule has 0 amide bonds. The Hall–Kier alpha value is -2.92. The van der Waals surface area contributed by atoms with Gasteiger partial charge in [-0.15, -0.1) is 0 Å². The van der Waals surface area contributed by atoms with Crippen molar-refractivity contribution in [3.8, 4) is 11.3 Å². The molecule has 0 atom stereocenters. The minimum Gasteiger partial charge on any atom is -0.385 e. The summed E-state index contributed by atoms with van der Waals surface area (Å²) in [7, 11) is 1.71. The SMILES string of the molecule is COCCCNc1nc(NCc2ccccc2C)cc(-c2ccccc2)n1. The summed E-state index contributed by atoms with van der Waals surface area (Å²) in [5.41, 5.74) is 4.48. The van der Waals surface area contributed by atoms with Crippen molar-refractivity contribution in [1.29, 1.82) is 0 Å². The quantitative estimate of drug-likeness (QED) is 0.548. The van der Waals surface area contributed by atoms with Crippen molar-refractivity contribution in [1.82, 2.24) is 9.97 Å². The molecule has 0 bridgehead atoms. The molecule has 5 heteroatoms. The highest BCUT2D eigenvalue weighted by Gasteiger charge is 2.07. The van der Waals surface area contributed by atoms with Crippen LogP contribution in [-0.4, -0.2) is 30.2 Å². The summed E-state index contributed by atoms with van der Waals surface area (Å²) >= 11 is 0. The maximum Gasteiger partial charge on any atom is 0.225 e. The molecule has 3 aromatic rings. The average molecular weight is 362 g/mol. The smallest absolute Gasteiger partial charge is 0.225 e. The van der Waals surface area contributed by atoms with Gasteiger partial charge in [-0.1, -0.05) is 54.6 Å². The average Bonchev–Trinajstić information content (AvgIpc) is 2.71. The minimum absolute atomic E-state index is 0.625. The van der Waals surface area contributed by atoms with Crippen molar-refractivity contribution in [2.45, 2.75) is 19.9 Å². The van der Waals surface area contributed by atoms with Crippen LogP contribution < -0.4 is 10.6 Å². The summed E-state index contributed by atoms with van der Waals surface area (Å²) in [5, 5.41) is 6.74. The number of anilines is 2. The molecule has 0 unspecified atom stereocenters. The van der Waals surface area contributed by atoms with Crippen LogP contribution in [0.3, 0.4) is 0 Å². The Morgan fingerprint density at radius 3 is 2.48 bits per heavy atom. The van der Waals surface area contributed by atoms with Crippen molar-refractivity contribution in [2.24, 2.45) is 0 Å². The van der Waals surface area contributed by atoms with E-state index < -0.39 is 0 Å². The van der Waals surface area contributed by atoms with Crippen molar-refractivity contribution < 1.29 is 4.74 Å². The second kappa shape index (κ2) is 9.69. The Labute approximate surface area is 160 Å². The lowest BCUT2D eigenvalue weighted by atomic mass is 10.1. The van der Waals surface area contributed by atoms with Crippen LogP contribution in [0.15, 0.2) is 60.7 Å². The second-order valence-electron chi connectivity index (χ2n) is 6.38. The van der Waals surface area contributed by atoms with E-state index in [2.05, 4.69) is 63.9 Å². The number of benzene rings is 2. The van der Waals surface area contributed by atoms with Gasteiger partial charge < -0.3 is 15.4 Å². The number of hydrogen-bond acceptors (Lipinski definition) is 5. The van der Waals surface area contributed by atoms with E-state index in [1.807, 2.05) is 24.3 Å². The maximum atomic E-state index is 5.10. The zero-order chi connectivity index (χ0) is 18.9. The van der Waals surface area contributed by atoms with Gasteiger partial charge in [0.1, 0.15) is 5.82 Å². The lowest BCUT2D eigenvalue weighted by molar-refractivity contribution is 0.197. The number of hydrogen-bond donors (Lipinski definition) is 2. The summed E-state index contributed by atoms with van der Waals surface area (Å²) < 4.78 is 5.10. The van der Waals surface area contributed by atoms with E-state index >= 15 is 0 Å². The fraction of sp³-hybridized carbons (Fsp3) is 0.273. The Morgan fingerprint density at radius 2 is 1.70 bits per heavy atom. The van der Waals surface area contributed by atoms with Gasteiger partial charge in [-0.05, 0) is 24.5 Å². The lowest BCUT2D eigenvalue weighted by Gasteiger charge is -2.12. The number of rotatable bonds is 9. The van der Waals surface area contributed by atoms with Crippen LogP contribution >= 0.6 is 0 Å². The standard InChI is InChI=1S/C22H26N4O/c1-17-9-6-7-12-19(17)16-24-21-15-20(18-10-4-3-5-11-18)25-22(26-21)23-13-8-14-27-2/h3-7,9-12,15H,8,13-14,16H2,1-2H3,(H2,23,24,25,26). The number of nitrogens with one attached hydrogen (secondary N) is 2. The first-order valence-corrected chi connectivity index (χ1v) is 9.22. The highest BCUT2D eigenvalue weighted by Crippen LogP contribution is 2.22. The summed E-state index contributed by atoms with van der Waals surface area (Å²) in [6.07, 6.45) is 0.904. The third-order valence-corrected chi connectivity index (χ3v) is 4.33. The Morgan fingerprint density at radius 1 is 0.926 bits per heavy atom. The van der Waals surface area contributed by atoms with E-state index in [1.54, 1.807) is 7.11 Å². The molecule has 5 nitrogen and oxygen atoms in total. The maximum absolute atomic E-state index is 5.10. The second-order valence-corrected chi connectivity index (χ2v) is 6.38. The minimum atomic E-state index is 0.625. The molecule has 27 heavy (non-hydrogen) atoms. The highest BCUT2D eigenvalue weighted by molar-refractivity contribution is 5.64. The van der Waals surface area contributed by atoms with Crippen LogP contribution in [0, 0.1) is 6.92 Å². The molecule has 0 radical (unpaired) electrons. The predicted octanol–water partition coefficient (Wildman–Crippen LogP) is 4.51. The third kappa shape index (κ3) is 5.53. The fourth-order valence-corrected chi connectivity index (χ4v) is 2.78. The highest BCUT2D eigenvalue weighted by atomic mass is 16.5. The van der Waals surface area contributed by atoms with Gasteiger partial charge in [-0.2, -0.15) is 4.98 Å². The number of ether oxygens (including phenoxy) is 1. The van der Waals surface area contributed by atoms with Gasteiger partial charge in [0.15, 0.2) is 0 Å². The van der Waals surface area contributed by atoms with E-state index in [0.717, 1.165) is 36.6 Å². The number of nitrogens with zero attached hydrogens (tertiary/aromatic N) is 2. The molecule has 1 heterocycles. The van der Waals surface area contributed by atoms with Gasteiger partial charge in [0, 0.05) is 38.4 Å². The van der Waals surface area contributed by atoms with Crippen molar-refractivity contribution in [2.75, 3.05) is 30.9 Å². The van der Waals surface area contributed by atoms with Gasteiger partial charge in [-0.25, -0.2) is 4.98 Å². The monoisotopic (exact) mass is 362 g/mol. The Balaban J connectivity index is 1.79. The molecule has 0 spiro atoms. The van der Waals surface area contributed by atoms with Crippen LogP contribution in [0.25, 0.3) is 11.3 Å². The van der Waals surface area contributed by atoms with Crippen molar-refractivity contribution in [3.63, 3.8) is 0 Å². The largest absolute Gasteiger partial charge is 0.385 e. The molecular weight excluding hydrogens is 336 g/mol. The molecule has 2 aromatic carbocycles. The Bertz CT molecular complexity index is 852. The van der Waals surface area contributed by atoms with E-state index in [-0.39, 0.29) is 0 Å². The lowest BCUT2D eigenvalue weighted by Crippen LogP contribution is -2.10. The first kappa shape index (κ1) is 18.9. The van der Waals surface area contributed by atoms with E-state index in [4.69, 9.17) is 4.74 Å². The third-order valence-electron chi connectivity index (χ3n) is 4.33. The van der Waals surface area contributed by atoms with E-state index in [1.165, 1.54) is 11.1 Å². The fourth-order valence-electron chi connectivity index (χ4n) is 2.78. The van der Waals surface area contributed by atoms with Crippen molar-refractivity contribution in [3.05, 3.63) is 71.8 Å². The van der Waals surface area contributed by atoms with Gasteiger partial charge in [0.05, 0.1) is 5.69 Å². The van der Waals surface area contributed by atoms with Gasteiger partial charge in [0.2, 0.25) is 5.95 Å². The molecular formula is C22H26N4O. The first-order chi connectivity index (χ1) is 13.3. The molecule has 0 fully saturated rings.